The van der Waals surface area contributed by atoms with Gasteiger partial charge in [0.25, 0.3) is 0 Å². The van der Waals surface area contributed by atoms with E-state index in [-0.39, 0.29) is 24.1 Å². The second-order valence-corrected chi connectivity index (χ2v) is 6.29. The Morgan fingerprint density at radius 1 is 1.15 bits per heavy atom. The van der Waals surface area contributed by atoms with Gasteiger partial charge in [0.15, 0.2) is 0 Å². The number of likely N-dealkylation sites (N-methyl/N-ethyl adjacent to an activating group) is 1. The van der Waals surface area contributed by atoms with E-state index in [9.17, 15) is 13.6 Å². The summed E-state index contributed by atoms with van der Waals surface area (Å²) in [6, 6.07) is 10.1. The Hall–Kier alpha value is -2.47. The standard InChI is InChI=1S/C20H24F2N2O2/c1-13(16-7-5-6-8-19(16)26-4)23-20(25)12-24(3)14(2)17-11-15(21)9-10-18(17)22/h5-11,13-14H,12H2,1-4H3,(H,23,25). The third kappa shape index (κ3) is 4.79. The zero-order chi connectivity index (χ0) is 19.3. The minimum atomic E-state index is -0.504. The van der Waals surface area contributed by atoms with Crippen LogP contribution >= 0.6 is 0 Å². The first-order valence-corrected chi connectivity index (χ1v) is 8.41. The second-order valence-electron chi connectivity index (χ2n) is 6.29. The molecule has 0 radical (unpaired) electrons. The van der Waals surface area contributed by atoms with E-state index in [1.54, 1.807) is 26.0 Å². The average Bonchev–Trinajstić information content (AvgIpc) is 2.62. The molecule has 0 spiro atoms. The van der Waals surface area contributed by atoms with Crippen molar-refractivity contribution in [3.8, 4) is 5.75 Å². The summed E-state index contributed by atoms with van der Waals surface area (Å²) in [5, 5.41) is 2.91. The highest BCUT2D eigenvalue weighted by Gasteiger charge is 2.20. The lowest BCUT2D eigenvalue weighted by molar-refractivity contribution is -0.123. The molecule has 1 N–H and O–H groups in total. The van der Waals surface area contributed by atoms with E-state index in [4.69, 9.17) is 4.74 Å². The Morgan fingerprint density at radius 3 is 2.54 bits per heavy atom. The quantitative estimate of drug-likeness (QED) is 0.814. The third-order valence-corrected chi connectivity index (χ3v) is 4.45. The number of hydrogen-bond donors (Lipinski definition) is 1. The first-order chi connectivity index (χ1) is 12.3. The van der Waals surface area contributed by atoms with Crippen LogP contribution in [0, 0.1) is 11.6 Å². The molecule has 2 atom stereocenters. The van der Waals surface area contributed by atoms with Crippen LogP contribution in [0.1, 0.15) is 37.1 Å². The second kappa shape index (κ2) is 8.76. The summed E-state index contributed by atoms with van der Waals surface area (Å²) in [7, 11) is 3.28. The number of para-hydroxylation sites is 1. The third-order valence-electron chi connectivity index (χ3n) is 4.45. The molecule has 0 fully saturated rings. The predicted molar refractivity (Wildman–Crippen MR) is 97.0 cm³/mol. The summed E-state index contributed by atoms with van der Waals surface area (Å²) in [4.78, 5) is 14.0. The van der Waals surface area contributed by atoms with Crippen LogP contribution in [0.4, 0.5) is 8.78 Å². The Morgan fingerprint density at radius 2 is 1.85 bits per heavy atom. The lowest BCUT2D eigenvalue weighted by Gasteiger charge is -2.26. The minimum Gasteiger partial charge on any atom is -0.496 e. The van der Waals surface area contributed by atoms with Gasteiger partial charge in [-0.05, 0) is 45.2 Å². The van der Waals surface area contributed by atoms with Crippen molar-refractivity contribution in [2.75, 3.05) is 20.7 Å². The molecule has 0 aliphatic heterocycles. The van der Waals surface area contributed by atoms with Crippen molar-refractivity contribution in [1.82, 2.24) is 10.2 Å². The molecular weight excluding hydrogens is 338 g/mol. The molecule has 2 aromatic carbocycles. The van der Waals surface area contributed by atoms with Gasteiger partial charge >= 0.3 is 0 Å². The largest absolute Gasteiger partial charge is 0.496 e. The van der Waals surface area contributed by atoms with Crippen LogP contribution in [0.15, 0.2) is 42.5 Å². The number of hydrogen-bond acceptors (Lipinski definition) is 3. The Balaban J connectivity index is 2.01. The summed E-state index contributed by atoms with van der Waals surface area (Å²) in [6.07, 6.45) is 0. The Bertz CT molecular complexity index is 767. The number of halogens is 2. The van der Waals surface area contributed by atoms with E-state index in [2.05, 4.69) is 5.32 Å². The molecule has 6 heteroatoms. The summed E-state index contributed by atoms with van der Waals surface area (Å²) < 4.78 is 32.6. The van der Waals surface area contributed by atoms with Crippen molar-refractivity contribution in [2.24, 2.45) is 0 Å². The van der Waals surface area contributed by atoms with Crippen LogP contribution in [0.2, 0.25) is 0 Å². The maximum absolute atomic E-state index is 13.9. The van der Waals surface area contributed by atoms with Crippen molar-refractivity contribution in [3.05, 3.63) is 65.2 Å². The van der Waals surface area contributed by atoms with Gasteiger partial charge in [0, 0.05) is 17.2 Å². The van der Waals surface area contributed by atoms with Crippen LogP contribution < -0.4 is 10.1 Å². The van der Waals surface area contributed by atoms with E-state index >= 15 is 0 Å². The maximum Gasteiger partial charge on any atom is 0.234 e. The monoisotopic (exact) mass is 362 g/mol. The van der Waals surface area contributed by atoms with Crippen molar-refractivity contribution in [3.63, 3.8) is 0 Å². The molecule has 0 heterocycles. The normalized spacial score (nSPS) is 13.3. The molecule has 140 valence electrons. The molecular formula is C20H24F2N2O2. The topological polar surface area (TPSA) is 41.6 Å². The van der Waals surface area contributed by atoms with Gasteiger partial charge in [-0.2, -0.15) is 0 Å². The van der Waals surface area contributed by atoms with Gasteiger partial charge in [-0.25, -0.2) is 8.78 Å². The smallest absolute Gasteiger partial charge is 0.234 e. The molecule has 0 aliphatic carbocycles. The van der Waals surface area contributed by atoms with Crippen LogP contribution in [-0.2, 0) is 4.79 Å². The predicted octanol–water partition coefficient (Wildman–Crippen LogP) is 3.84. The molecule has 2 aromatic rings. The number of methoxy groups -OCH3 is 1. The molecule has 0 aliphatic rings. The van der Waals surface area contributed by atoms with E-state index in [0.717, 1.165) is 23.8 Å². The lowest BCUT2D eigenvalue weighted by Crippen LogP contribution is -2.37. The highest BCUT2D eigenvalue weighted by Crippen LogP contribution is 2.25. The molecule has 0 saturated heterocycles. The van der Waals surface area contributed by atoms with Gasteiger partial charge in [-0.1, -0.05) is 18.2 Å². The van der Waals surface area contributed by atoms with Gasteiger partial charge in [0.1, 0.15) is 17.4 Å². The first-order valence-electron chi connectivity index (χ1n) is 8.41. The summed E-state index contributed by atoms with van der Waals surface area (Å²) in [5.41, 5.74) is 1.09. The van der Waals surface area contributed by atoms with Crippen molar-refractivity contribution < 1.29 is 18.3 Å². The zero-order valence-electron chi connectivity index (χ0n) is 15.4. The SMILES string of the molecule is COc1ccccc1C(C)NC(=O)CN(C)C(C)c1cc(F)ccc1F. The fourth-order valence-corrected chi connectivity index (χ4v) is 2.82. The van der Waals surface area contributed by atoms with E-state index in [1.807, 2.05) is 31.2 Å². The molecule has 2 rings (SSSR count). The molecule has 4 nitrogen and oxygen atoms in total. The van der Waals surface area contributed by atoms with Gasteiger partial charge < -0.3 is 10.1 Å². The van der Waals surface area contributed by atoms with E-state index < -0.39 is 17.7 Å². The number of carbonyl (C=O) groups is 1. The minimum absolute atomic E-state index is 0.0522. The van der Waals surface area contributed by atoms with E-state index in [1.165, 1.54) is 0 Å². The summed E-state index contributed by atoms with van der Waals surface area (Å²) in [6.45, 7) is 3.65. The van der Waals surface area contributed by atoms with Crippen molar-refractivity contribution >= 4 is 5.91 Å². The van der Waals surface area contributed by atoms with Gasteiger partial charge in [0.05, 0.1) is 19.7 Å². The number of amides is 1. The van der Waals surface area contributed by atoms with Crippen molar-refractivity contribution in [2.45, 2.75) is 25.9 Å². The Labute approximate surface area is 152 Å². The van der Waals surface area contributed by atoms with Gasteiger partial charge in [-0.15, -0.1) is 0 Å². The number of benzene rings is 2. The number of nitrogens with one attached hydrogen (secondary N) is 1. The van der Waals surface area contributed by atoms with Gasteiger partial charge in [0.2, 0.25) is 5.91 Å². The molecule has 1 amide bonds. The van der Waals surface area contributed by atoms with E-state index in [0.29, 0.717) is 5.75 Å². The first kappa shape index (κ1) is 19.8. The lowest BCUT2D eigenvalue weighted by atomic mass is 10.1. The Kier molecular flexibility index (Phi) is 6.69. The number of rotatable bonds is 7. The number of carbonyl (C=O) groups excluding carboxylic acids is 1. The fourth-order valence-electron chi connectivity index (χ4n) is 2.82. The summed E-state index contributed by atoms with van der Waals surface area (Å²) in [5.74, 6) is -0.511. The molecule has 2 unspecified atom stereocenters. The van der Waals surface area contributed by atoms with Gasteiger partial charge in [-0.3, -0.25) is 9.69 Å². The number of nitrogens with zero attached hydrogens (tertiary/aromatic N) is 1. The molecule has 26 heavy (non-hydrogen) atoms. The summed E-state index contributed by atoms with van der Waals surface area (Å²) >= 11 is 0. The number of ether oxygens (including phenoxy) is 1. The van der Waals surface area contributed by atoms with Crippen molar-refractivity contribution in [1.29, 1.82) is 0 Å². The van der Waals surface area contributed by atoms with Crippen LogP contribution in [0.25, 0.3) is 0 Å². The fraction of sp³-hybridized carbons (Fsp3) is 0.350. The maximum atomic E-state index is 13.9. The van der Waals surface area contributed by atoms with Crippen LogP contribution in [-0.4, -0.2) is 31.5 Å². The molecule has 0 bridgehead atoms. The highest BCUT2D eigenvalue weighted by atomic mass is 19.1. The molecule has 0 aromatic heterocycles. The highest BCUT2D eigenvalue weighted by molar-refractivity contribution is 5.78. The van der Waals surface area contributed by atoms with Crippen LogP contribution in [0.3, 0.4) is 0 Å². The zero-order valence-corrected chi connectivity index (χ0v) is 15.4. The molecule has 0 saturated carbocycles. The average molecular weight is 362 g/mol. The van der Waals surface area contributed by atoms with Crippen LogP contribution in [0.5, 0.6) is 5.75 Å².